The molecule has 0 aliphatic heterocycles. The maximum atomic E-state index is 4.52. The van der Waals surface area contributed by atoms with Crippen LogP contribution in [0.1, 0.15) is 26.5 Å². The Hall–Kier alpha value is -1.33. The van der Waals surface area contributed by atoms with Gasteiger partial charge in [0.2, 0.25) is 0 Å². The molecule has 0 saturated heterocycles. The van der Waals surface area contributed by atoms with Crippen molar-refractivity contribution in [3.63, 3.8) is 0 Å². The highest BCUT2D eigenvalue weighted by molar-refractivity contribution is 7.13. The van der Waals surface area contributed by atoms with Gasteiger partial charge in [0.1, 0.15) is 0 Å². The lowest BCUT2D eigenvalue weighted by molar-refractivity contribution is 0.421. The smallest absolute Gasteiger partial charge is 0.171 e. The predicted octanol–water partition coefficient (Wildman–Crippen LogP) is 2.49. The van der Waals surface area contributed by atoms with Crippen LogP contribution in [0.2, 0.25) is 0 Å². The lowest BCUT2D eigenvalue weighted by atomic mass is 10.1. The second-order valence-corrected chi connectivity index (χ2v) is 5.73. The van der Waals surface area contributed by atoms with Gasteiger partial charge in [-0.1, -0.05) is 0 Å². The van der Waals surface area contributed by atoms with Gasteiger partial charge in [-0.3, -0.25) is 4.98 Å². The second-order valence-electron chi connectivity index (χ2n) is 4.84. The third kappa shape index (κ3) is 3.57. The van der Waals surface area contributed by atoms with E-state index in [1.54, 1.807) is 29.2 Å². The van der Waals surface area contributed by atoms with Crippen LogP contribution in [0.25, 0.3) is 10.7 Å². The summed E-state index contributed by atoms with van der Waals surface area (Å²) in [5.74, 6) is 0.751. The van der Waals surface area contributed by atoms with Crippen molar-refractivity contribution in [1.29, 1.82) is 0 Å². The molecule has 0 bridgehead atoms. The molecular formula is C12H16N4S. The van der Waals surface area contributed by atoms with E-state index in [0.29, 0.717) is 0 Å². The molecule has 2 heterocycles. The summed E-state index contributed by atoms with van der Waals surface area (Å²) in [7, 11) is 0. The van der Waals surface area contributed by atoms with E-state index < -0.39 is 0 Å². The molecule has 0 fully saturated rings. The summed E-state index contributed by atoms with van der Waals surface area (Å²) in [6.07, 6.45) is 3.59. The molecular weight excluding hydrogens is 232 g/mol. The number of nitrogens with zero attached hydrogens (tertiary/aromatic N) is 3. The van der Waals surface area contributed by atoms with Crippen molar-refractivity contribution in [2.75, 3.05) is 0 Å². The van der Waals surface area contributed by atoms with Crippen LogP contribution in [-0.4, -0.2) is 20.5 Å². The third-order valence-electron chi connectivity index (χ3n) is 2.17. The van der Waals surface area contributed by atoms with Crippen LogP contribution < -0.4 is 5.32 Å². The second kappa shape index (κ2) is 4.89. The van der Waals surface area contributed by atoms with Crippen molar-refractivity contribution in [1.82, 2.24) is 20.3 Å². The Labute approximate surface area is 105 Å². The molecule has 5 heteroatoms. The van der Waals surface area contributed by atoms with Crippen LogP contribution in [0, 0.1) is 0 Å². The van der Waals surface area contributed by atoms with Crippen LogP contribution in [0.4, 0.5) is 0 Å². The minimum absolute atomic E-state index is 0.0929. The van der Waals surface area contributed by atoms with Crippen LogP contribution in [0.15, 0.2) is 24.0 Å². The van der Waals surface area contributed by atoms with E-state index in [2.05, 4.69) is 41.0 Å². The fourth-order valence-corrected chi connectivity index (χ4v) is 1.86. The highest BCUT2D eigenvalue weighted by Crippen LogP contribution is 2.18. The SMILES string of the molecule is CC(C)(C)NCc1ccnc(-c2cncs2)n1. The van der Waals surface area contributed by atoms with Gasteiger partial charge in [-0.05, 0) is 26.8 Å². The molecule has 2 aromatic heterocycles. The van der Waals surface area contributed by atoms with Gasteiger partial charge in [0.05, 0.1) is 16.1 Å². The molecule has 0 atom stereocenters. The Kier molecular flexibility index (Phi) is 3.49. The molecule has 0 aliphatic rings. The molecule has 1 N–H and O–H groups in total. The Morgan fingerprint density at radius 3 is 2.82 bits per heavy atom. The Bertz CT molecular complexity index is 474. The van der Waals surface area contributed by atoms with Gasteiger partial charge in [0.15, 0.2) is 5.82 Å². The fraction of sp³-hybridized carbons (Fsp3) is 0.417. The predicted molar refractivity (Wildman–Crippen MR) is 69.7 cm³/mol. The zero-order valence-corrected chi connectivity index (χ0v) is 11.1. The van der Waals surface area contributed by atoms with Gasteiger partial charge >= 0.3 is 0 Å². The van der Waals surface area contributed by atoms with Crippen molar-refractivity contribution in [3.05, 3.63) is 29.7 Å². The summed E-state index contributed by atoms with van der Waals surface area (Å²) in [5, 5.41) is 3.41. The summed E-state index contributed by atoms with van der Waals surface area (Å²) >= 11 is 1.55. The zero-order chi connectivity index (χ0) is 12.3. The summed E-state index contributed by atoms with van der Waals surface area (Å²) < 4.78 is 0. The average Bonchev–Trinajstić information content (AvgIpc) is 2.79. The van der Waals surface area contributed by atoms with E-state index in [-0.39, 0.29) is 5.54 Å². The van der Waals surface area contributed by atoms with E-state index in [9.17, 15) is 0 Å². The van der Waals surface area contributed by atoms with Crippen molar-refractivity contribution >= 4 is 11.3 Å². The molecule has 2 rings (SSSR count). The molecule has 0 saturated carbocycles. The number of hydrogen-bond acceptors (Lipinski definition) is 5. The molecule has 17 heavy (non-hydrogen) atoms. The van der Waals surface area contributed by atoms with Gasteiger partial charge < -0.3 is 5.32 Å². The van der Waals surface area contributed by atoms with E-state index in [1.165, 1.54) is 0 Å². The van der Waals surface area contributed by atoms with Crippen molar-refractivity contribution in [2.24, 2.45) is 0 Å². The minimum Gasteiger partial charge on any atom is -0.306 e. The molecule has 0 spiro atoms. The first kappa shape index (κ1) is 12.1. The maximum Gasteiger partial charge on any atom is 0.171 e. The van der Waals surface area contributed by atoms with Gasteiger partial charge in [0, 0.05) is 24.5 Å². The molecule has 0 aliphatic carbocycles. The lowest BCUT2D eigenvalue weighted by Crippen LogP contribution is -2.35. The number of aromatic nitrogens is 3. The molecule has 2 aromatic rings. The first-order valence-electron chi connectivity index (χ1n) is 5.50. The summed E-state index contributed by atoms with van der Waals surface area (Å²) in [4.78, 5) is 13.8. The first-order valence-corrected chi connectivity index (χ1v) is 6.38. The van der Waals surface area contributed by atoms with Crippen LogP contribution in [0.3, 0.4) is 0 Å². The Morgan fingerprint density at radius 2 is 2.18 bits per heavy atom. The van der Waals surface area contributed by atoms with E-state index in [0.717, 1.165) is 22.9 Å². The molecule has 0 amide bonds. The van der Waals surface area contributed by atoms with E-state index in [1.807, 2.05) is 6.07 Å². The topological polar surface area (TPSA) is 50.7 Å². The number of nitrogens with one attached hydrogen (secondary N) is 1. The minimum atomic E-state index is 0.0929. The Balaban J connectivity index is 2.12. The standard InChI is InChI=1S/C12H16N4S/c1-12(2,3)15-6-9-4-5-14-11(16-9)10-7-13-8-17-10/h4-5,7-8,15H,6H2,1-3H3. The van der Waals surface area contributed by atoms with Gasteiger partial charge in [-0.15, -0.1) is 11.3 Å². The largest absolute Gasteiger partial charge is 0.306 e. The molecule has 4 nitrogen and oxygen atoms in total. The quantitative estimate of drug-likeness (QED) is 0.906. The van der Waals surface area contributed by atoms with Crippen molar-refractivity contribution in [3.8, 4) is 10.7 Å². The van der Waals surface area contributed by atoms with Crippen LogP contribution in [0.5, 0.6) is 0 Å². The summed E-state index contributed by atoms with van der Waals surface area (Å²) in [5.41, 5.74) is 2.88. The fourth-order valence-electron chi connectivity index (χ4n) is 1.30. The summed E-state index contributed by atoms with van der Waals surface area (Å²) in [6.45, 7) is 7.16. The normalized spacial score (nSPS) is 11.7. The number of rotatable bonds is 3. The van der Waals surface area contributed by atoms with Gasteiger partial charge in [-0.25, -0.2) is 9.97 Å². The van der Waals surface area contributed by atoms with Crippen molar-refractivity contribution < 1.29 is 0 Å². The average molecular weight is 248 g/mol. The highest BCUT2D eigenvalue weighted by atomic mass is 32.1. The maximum absolute atomic E-state index is 4.52. The van der Waals surface area contributed by atoms with Gasteiger partial charge in [0.25, 0.3) is 0 Å². The molecule has 90 valence electrons. The Morgan fingerprint density at radius 1 is 1.35 bits per heavy atom. The number of thiazole rings is 1. The molecule has 0 aromatic carbocycles. The lowest BCUT2D eigenvalue weighted by Gasteiger charge is -2.20. The monoisotopic (exact) mass is 248 g/mol. The van der Waals surface area contributed by atoms with Gasteiger partial charge in [-0.2, -0.15) is 0 Å². The first-order chi connectivity index (χ1) is 8.04. The van der Waals surface area contributed by atoms with Crippen molar-refractivity contribution in [2.45, 2.75) is 32.9 Å². The summed E-state index contributed by atoms with van der Waals surface area (Å²) in [6, 6.07) is 1.93. The highest BCUT2D eigenvalue weighted by Gasteiger charge is 2.10. The van der Waals surface area contributed by atoms with Crippen LogP contribution >= 0.6 is 11.3 Å². The molecule has 0 radical (unpaired) electrons. The van der Waals surface area contributed by atoms with E-state index in [4.69, 9.17) is 0 Å². The number of hydrogen-bond donors (Lipinski definition) is 1. The molecule has 0 unspecified atom stereocenters. The third-order valence-corrected chi connectivity index (χ3v) is 2.93. The zero-order valence-electron chi connectivity index (χ0n) is 10.3. The van der Waals surface area contributed by atoms with Crippen LogP contribution in [-0.2, 0) is 6.54 Å². The van der Waals surface area contributed by atoms with E-state index >= 15 is 0 Å².